The van der Waals surface area contributed by atoms with E-state index in [9.17, 15) is 14.7 Å². The molecule has 4 aromatic carbocycles. The number of rotatable bonds is 8. The molecule has 0 aliphatic carbocycles. The Balaban J connectivity index is 1.74. The monoisotopic (exact) mass is 754 g/mol. The molecule has 0 atom stereocenters. The summed E-state index contributed by atoms with van der Waals surface area (Å²) in [6, 6.07) is 22.5. The summed E-state index contributed by atoms with van der Waals surface area (Å²) < 4.78 is 11.9. The maximum atomic E-state index is 14.1. The van der Waals surface area contributed by atoms with Crippen LogP contribution in [0.2, 0.25) is 0 Å². The third kappa shape index (κ3) is 10.3. The molecule has 284 valence electrons. The average molecular weight is 755 g/mol. The Morgan fingerprint density at radius 1 is 0.528 bits per heavy atom. The van der Waals surface area contributed by atoms with Crippen LogP contribution in [0.3, 0.4) is 0 Å². The summed E-state index contributed by atoms with van der Waals surface area (Å²) in [6.07, 6.45) is 0. The van der Waals surface area contributed by atoms with Gasteiger partial charge in [-0.25, -0.2) is 9.59 Å². The van der Waals surface area contributed by atoms with Gasteiger partial charge in [-0.05, 0) is 90.5 Å². The van der Waals surface area contributed by atoms with E-state index in [4.69, 9.17) is 9.47 Å². The molecule has 53 heavy (non-hydrogen) atoms. The van der Waals surface area contributed by atoms with Gasteiger partial charge in [-0.2, -0.15) is 0 Å². The van der Waals surface area contributed by atoms with Crippen LogP contribution in [0.15, 0.2) is 82.6 Å². The van der Waals surface area contributed by atoms with Crippen LogP contribution < -0.4 is 9.47 Å². The third-order valence-corrected chi connectivity index (χ3v) is 11.4. The van der Waals surface area contributed by atoms with E-state index in [0.29, 0.717) is 17.1 Å². The summed E-state index contributed by atoms with van der Waals surface area (Å²) in [5.74, 6) is -0.0888. The Labute approximate surface area is 326 Å². The molecule has 1 N–H and O–H groups in total. The van der Waals surface area contributed by atoms with Crippen molar-refractivity contribution in [3.8, 4) is 17.2 Å². The van der Waals surface area contributed by atoms with Gasteiger partial charge in [-0.15, -0.1) is 23.5 Å². The Morgan fingerprint density at radius 3 is 1.34 bits per heavy atom. The second-order valence-corrected chi connectivity index (χ2v) is 22.1. The molecule has 0 bridgehead atoms. The lowest BCUT2D eigenvalue weighted by Gasteiger charge is -2.32. The fourth-order valence-electron chi connectivity index (χ4n) is 6.11. The van der Waals surface area contributed by atoms with Crippen molar-refractivity contribution < 1.29 is 24.2 Å². The minimum atomic E-state index is -0.595. The number of thioether (sulfide) groups is 2. The predicted octanol–water partition coefficient (Wildman–Crippen LogP) is 12.9. The average Bonchev–Trinajstić information content (AvgIpc) is 3.00. The van der Waals surface area contributed by atoms with Gasteiger partial charge in [-0.1, -0.05) is 113 Å². The Hall–Kier alpha value is -3.68. The minimum Gasteiger partial charge on any atom is -0.507 e. The summed E-state index contributed by atoms with van der Waals surface area (Å²) in [5, 5.41) is 11.3. The Morgan fingerprint density at radius 2 is 0.906 bits per heavy atom. The van der Waals surface area contributed by atoms with E-state index in [-0.39, 0.29) is 37.1 Å². The molecule has 0 aliphatic heterocycles. The molecular formula is C46H58O5S2. The number of hydrogen-bond acceptors (Lipinski definition) is 7. The van der Waals surface area contributed by atoms with Crippen LogP contribution in [0.5, 0.6) is 17.2 Å². The zero-order valence-electron chi connectivity index (χ0n) is 34.3. The molecule has 4 rings (SSSR count). The highest BCUT2D eigenvalue weighted by molar-refractivity contribution is 8.18. The van der Waals surface area contributed by atoms with Gasteiger partial charge in [0.1, 0.15) is 22.8 Å². The first kappa shape index (κ1) is 42.1. The number of phenolic OH excluding ortho intramolecular Hbond substituents is 1. The van der Waals surface area contributed by atoms with Crippen molar-refractivity contribution in [2.75, 3.05) is 0 Å². The fourth-order valence-corrected chi connectivity index (χ4v) is 8.70. The van der Waals surface area contributed by atoms with Crippen LogP contribution in [0, 0.1) is 6.92 Å². The van der Waals surface area contributed by atoms with E-state index < -0.39 is 11.9 Å². The van der Waals surface area contributed by atoms with Gasteiger partial charge in [0.15, 0.2) is 0 Å². The molecule has 7 heteroatoms. The molecule has 0 aromatic heterocycles. The number of aromatic hydroxyl groups is 1. The summed E-state index contributed by atoms with van der Waals surface area (Å²) in [5.41, 5.74) is 3.89. The number of carbonyl (C=O) groups is 2. The predicted molar refractivity (Wildman–Crippen MR) is 223 cm³/mol. The lowest BCUT2D eigenvalue weighted by Crippen LogP contribution is -2.23. The van der Waals surface area contributed by atoms with Crippen molar-refractivity contribution in [3.63, 3.8) is 0 Å². The van der Waals surface area contributed by atoms with Crippen molar-refractivity contribution in [1.82, 2.24) is 0 Å². The van der Waals surface area contributed by atoms with Gasteiger partial charge in [0.25, 0.3) is 0 Å². The van der Waals surface area contributed by atoms with Gasteiger partial charge in [0.05, 0.1) is 9.64 Å². The van der Waals surface area contributed by atoms with Crippen LogP contribution in [0.25, 0.3) is 0 Å². The fraction of sp³-hybridized carbons (Fsp3) is 0.435. The van der Waals surface area contributed by atoms with Gasteiger partial charge in [0, 0.05) is 32.0 Å². The van der Waals surface area contributed by atoms with Gasteiger partial charge < -0.3 is 14.6 Å². The van der Waals surface area contributed by atoms with Crippen LogP contribution in [0.4, 0.5) is 0 Å². The lowest BCUT2D eigenvalue weighted by molar-refractivity contribution is 0.0703. The Bertz CT molecular complexity index is 1930. The highest BCUT2D eigenvalue weighted by atomic mass is 32.2. The van der Waals surface area contributed by atoms with Crippen molar-refractivity contribution in [2.24, 2.45) is 0 Å². The number of ether oxygens (including phenoxy) is 2. The highest BCUT2D eigenvalue weighted by Crippen LogP contribution is 2.51. The largest absolute Gasteiger partial charge is 0.507 e. The molecule has 0 amide bonds. The van der Waals surface area contributed by atoms with Gasteiger partial charge >= 0.3 is 11.9 Å². The van der Waals surface area contributed by atoms with E-state index in [2.05, 4.69) is 121 Å². The number of esters is 2. The molecule has 0 aliphatic rings. The first-order valence-electron chi connectivity index (χ1n) is 18.2. The first-order chi connectivity index (χ1) is 24.2. The topological polar surface area (TPSA) is 72.8 Å². The number of phenols is 1. The lowest BCUT2D eigenvalue weighted by atomic mass is 9.79. The SMILES string of the molecule is Cc1ccccc1C(=O)Oc1ccccc1C(=O)Oc1c(C(C)(C)C)cc(SC(C)(C)Sc2cc(C(C)(C)C)c(O)c(C(C)(C)C)c2)cc1C(C)(C)C. The molecular weight excluding hydrogens is 697 g/mol. The van der Waals surface area contributed by atoms with Crippen molar-refractivity contribution >= 4 is 35.5 Å². The molecule has 0 unspecified atom stereocenters. The van der Waals surface area contributed by atoms with Crippen LogP contribution in [-0.4, -0.2) is 21.1 Å². The van der Waals surface area contributed by atoms with Crippen molar-refractivity contribution in [2.45, 2.75) is 139 Å². The Kier molecular flexibility index (Phi) is 12.1. The number of para-hydroxylation sites is 1. The van der Waals surface area contributed by atoms with Crippen LogP contribution in [-0.2, 0) is 21.7 Å². The zero-order valence-corrected chi connectivity index (χ0v) is 36.0. The van der Waals surface area contributed by atoms with Crippen LogP contribution in [0.1, 0.15) is 145 Å². The maximum absolute atomic E-state index is 14.1. The smallest absolute Gasteiger partial charge is 0.347 e. The zero-order chi connectivity index (χ0) is 39.9. The summed E-state index contributed by atoms with van der Waals surface area (Å²) in [7, 11) is 0. The highest BCUT2D eigenvalue weighted by Gasteiger charge is 2.33. The second-order valence-electron chi connectivity index (χ2n) is 18.4. The summed E-state index contributed by atoms with van der Waals surface area (Å²) in [4.78, 5) is 29.4. The van der Waals surface area contributed by atoms with E-state index >= 15 is 0 Å². The molecule has 0 radical (unpaired) electrons. The van der Waals surface area contributed by atoms with E-state index in [0.717, 1.165) is 37.6 Å². The number of benzene rings is 4. The standard InChI is InChI=1S/C46H58O5S2/c1-28-20-16-17-21-31(28)40(48)50-37-23-19-18-22-32(37)41(49)51-39-35(44(8,9)10)26-30(27-36(39)45(11,12)13)53-46(14,15)52-29-24-33(42(2,3)4)38(47)34(25-29)43(5,6)7/h16-27,47H,1-15H3. The molecule has 0 spiro atoms. The first-order valence-corrected chi connectivity index (χ1v) is 19.9. The summed E-state index contributed by atoms with van der Waals surface area (Å²) >= 11 is 3.55. The van der Waals surface area contributed by atoms with Gasteiger partial charge in [-0.3, -0.25) is 0 Å². The molecule has 4 aromatic rings. The van der Waals surface area contributed by atoms with E-state index in [1.165, 1.54) is 0 Å². The van der Waals surface area contributed by atoms with Crippen molar-refractivity contribution in [1.29, 1.82) is 0 Å². The summed E-state index contributed by atoms with van der Waals surface area (Å²) in [6.45, 7) is 31.8. The molecule has 0 saturated carbocycles. The third-order valence-electron chi connectivity index (χ3n) is 8.97. The second kappa shape index (κ2) is 15.2. The molecule has 0 saturated heterocycles. The normalized spacial score (nSPS) is 12.8. The van der Waals surface area contributed by atoms with E-state index in [1.54, 1.807) is 59.9 Å². The quantitative estimate of drug-likeness (QED) is 0.0831. The molecule has 0 heterocycles. The number of aryl methyl sites for hydroxylation is 1. The minimum absolute atomic E-state index is 0.143. The number of carbonyl (C=O) groups excluding carboxylic acids is 2. The molecule has 5 nitrogen and oxygen atoms in total. The van der Waals surface area contributed by atoms with Crippen molar-refractivity contribution in [3.05, 3.63) is 112 Å². The number of hydrogen-bond donors (Lipinski definition) is 1. The van der Waals surface area contributed by atoms with Crippen LogP contribution >= 0.6 is 23.5 Å². The molecule has 0 fully saturated rings. The maximum Gasteiger partial charge on any atom is 0.347 e. The van der Waals surface area contributed by atoms with Gasteiger partial charge in [0.2, 0.25) is 0 Å². The van der Waals surface area contributed by atoms with E-state index in [1.807, 2.05) is 19.1 Å².